The minimum Gasteiger partial charge on any atom is -0.304 e. The van der Waals surface area contributed by atoms with E-state index < -0.39 is 0 Å². The molecule has 2 heteroatoms. The van der Waals surface area contributed by atoms with Crippen molar-refractivity contribution < 1.29 is 0 Å². The van der Waals surface area contributed by atoms with Crippen LogP contribution < -0.4 is 0 Å². The monoisotopic (exact) mass is 439 g/mol. The third kappa shape index (κ3) is 7.52. The number of benzene rings is 1. The average molecular weight is 439 g/mol. The van der Waals surface area contributed by atoms with Gasteiger partial charge < -0.3 is 4.90 Å². The molecule has 0 aromatic heterocycles. The van der Waals surface area contributed by atoms with Gasteiger partial charge in [-0.25, -0.2) is 0 Å². The summed E-state index contributed by atoms with van der Waals surface area (Å²) in [6.07, 6.45) is 9.15. The number of hydrogen-bond acceptors (Lipinski definition) is 1. The second-order valence-corrected chi connectivity index (χ2v) is 7.95. The lowest BCUT2D eigenvalue weighted by atomic mass is 9.91. The van der Waals surface area contributed by atoms with E-state index in [1.807, 2.05) is 6.08 Å². The molecule has 1 rings (SSSR count). The lowest BCUT2D eigenvalue weighted by Gasteiger charge is -2.19. The second-order valence-electron chi connectivity index (χ2n) is 6.70. The zero-order valence-electron chi connectivity index (χ0n) is 15.9. The van der Waals surface area contributed by atoms with E-state index in [0.717, 1.165) is 12.3 Å². The van der Waals surface area contributed by atoms with Gasteiger partial charge in [-0.15, -0.1) is 0 Å². The first kappa shape index (κ1) is 21.4. The Labute approximate surface area is 163 Å². The molecule has 0 heterocycles. The van der Waals surface area contributed by atoms with E-state index in [1.54, 1.807) is 0 Å². The van der Waals surface area contributed by atoms with Crippen LogP contribution in [-0.2, 0) is 0 Å². The highest BCUT2D eigenvalue weighted by Gasteiger charge is 2.09. The molecule has 24 heavy (non-hydrogen) atoms. The fourth-order valence-electron chi connectivity index (χ4n) is 3.19. The Morgan fingerprint density at radius 2 is 1.96 bits per heavy atom. The van der Waals surface area contributed by atoms with Gasteiger partial charge in [-0.3, -0.25) is 0 Å². The molecule has 0 fully saturated rings. The van der Waals surface area contributed by atoms with Crippen molar-refractivity contribution in [3.05, 3.63) is 51.6 Å². The van der Waals surface area contributed by atoms with Crippen LogP contribution in [0.3, 0.4) is 0 Å². The van der Waals surface area contributed by atoms with Gasteiger partial charge in [0.2, 0.25) is 0 Å². The third-order valence-corrected chi connectivity index (χ3v) is 5.50. The van der Waals surface area contributed by atoms with Crippen LogP contribution in [-0.4, -0.2) is 24.5 Å². The third-order valence-electron chi connectivity index (χ3n) is 4.83. The normalized spacial score (nSPS) is 13.3. The van der Waals surface area contributed by atoms with Gasteiger partial charge in [0.1, 0.15) is 0 Å². The van der Waals surface area contributed by atoms with Gasteiger partial charge in [0.15, 0.2) is 0 Å². The lowest BCUT2D eigenvalue weighted by molar-refractivity contribution is 0.287. The molecule has 0 saturated heterocycles. The zero-order valence-corrected chi connectivity index (χ0v) is 18.1. The summed E-state index contributed by atoms with van der Waals surface area (Å²) in [6.45, 7) is 16.6. The fourth-order valence-corrected chi connectivity index (χ4v) is 3.83. The van der Waals surface area contributed by atoms with Crippen LogP contribution in [0.15, 0.2) is 36.9 Å². The van der Waals surface area contributed by atoms with Gasteiger partial charge in [-0.1, -0.05) is 45.6 Å². The standard InChI is InChI=1S/C22H34IN/c1-6-10-20(22-15-14-21(23)17-19(22)5)13-12-18(4)11-9-16-24(7-2)8-3/h6,10,14-15,17-18H,1,7-9,11-13,16H2,2-5H3/b20-10-. The van der Waals surface area contributed by atoms with Gasteiger partial charge in [0, 0.05) is 3.57 Å². The second kappa shape index (κ2) is 11.9. The summed E-state index contributed by atoms with van der Waals surface area (Å²) >= 11 is 2.38. The Hall–Kier alpha value is -0.610. The number of halogens is 1. The van der Waals surface area contributed by atoms with E-state index in [4.69, 9.17) is 0 Å². The molecular weight excluding hydrogens is 405 g/mol. The summed E-state index contributed by atoms with van der Waals surface area (Å²) in [5.41, 5.74) is 4.17. The summed E-state index contributed by atoms with van der Waals surface area (Å²) in [5.74, 6) is 0.776. The Balaban J connectivity index is 2.55. The minimum absolute atomic E-state index is 0.776. The van der Waals surface area contributed by atoms with Crippen molar-refractivity contribution in [3.8, 4) is 0 Å². The molecule has 0 aliphatic rings. The van der Waals surface area contributed by atoms with Crippen molar-refractivity contribution in [2.24, 2.45) is 5.92 Å². The van der Waals surface area contributed by atoms with E-state index in [2.05, 4.69) is 86.0 Å². The smallest absolute Gasteiger partial charge is 0.0133 e. The lowest BCUT2D eigenvalue weighted by Crippen LogP contribution is -2.24. The van der Waals surface area contributed by atoms with Crippen molar-refractivity contribution in [2.45, 2.75) is 53.4 Å². The molecule has 1 atom stereocenters. The topological polar surface area (TPSA) is 3.24 Å². The number of rotatable bonds is 11. The van der Waals surface area contributed by atoms with Crippen molar-refractivity contribution >= 4 is 28.2 Å². The first-order valence-corrected chi connectivity index (χ1v) is 10.4. The SMILES string of the molecule is C=C/C=C(/CCC(C)CCCN(CC)CC)c1ccc(I)cc1C. The number of allylic oxidation sites excluding steroid dienone is 3. The molecule has 0 radical (unpaired) electrons. The summed E-state index contributed by atoms with van der Waals surface area (Å²) in [4.78, 5) is 2.52. The van der Waals surface area contributed by atoms with Gasteiger partial charge in [-0.05, 0) is 110 Å². The molecule has 0 bridgehead atoms. The van der Waals surface area contributed by atoms with Gasteiger partial charge >= 0.3 is 0 Å². The molecule has 1 aromatic rings. The van der Waals surface area contributed by atoms with Crippen molar-refractivity contribution in [3.63, 3.8) is 0 Å². The summed E-state index contributed by atoms with van der Waals surface area (Å²) in [6, 6.07) is 6.73. The molecule has 0 amide bonds. The summed E-state index contributed by atoms with van der Waals surface area (Å²) < 4.78 is 1.30. The maximum Gasteiger partial charge on any atom is 0.0133 e. The van der Waals surface area contributed by atoms with Crippen molar-refractivity contribution in [1.82, 2.24) is 4.90 Å². The van der Waals surface area contributed by atoms with Crippen LogP contribution in [0, 0.1) is 16.4 Å². The molecule has 1 unspecified atom stereocenters. The zero-order chi connectivity index (χ0) is 17.9. The van der Waals surface area contributed by atoms with Crippen LogP contribution in [0.5, 0.6) is 0 Å². The van der Waals surface area contributed by atoms with Crippen LogP contribution >= 0.6 is 22.6 Å². The minimum atomic E-state index is 0.776. The fraction of sp³-hybridized carbons (Fsp3) is 0.545. The van der Waals surface area contributed by atoms with Crippen molar-refractivity contribution in [1.29, 1.82) is 0 Å². The Kier molecular flexibility index (Phi) is 10.6. The number of aryl methyl sites for hydroxylation is 1. The van der Waals surface area contributed by atoms with E-state index >= 15 is 0 Å². The summed E-state index contributed by atoms with van der Waals surface area (Å²) in [7, 11) is 0. The Bertz CT molecular complexity index is 529. The van der Waals surface area contributed by atoms with E-state index in [0.29, 0.717) is 0 Å². The molecule has 0 saturated carbocycles. The quantitative estimate of drug-likeness (QED) is 0.274. The van der Waals surface area contributed by atoms with Crippen molar-refractivity contribution in [2.75, 3.05) is 19.6 Å². The molecule has 0 aliphatic heterocycles. The molecule has 1 nitrogen and oxygen atoms in total. The molecule has 0 aliphatic carbocycles. The molecule has 1 aromatic carbocycles. The van der Waals surface area contributed by atoms with Crippen LogP contribution in [0.25, 0.3) is 5.57 Å². The molecular formula is C22H34IN. The van der Waals surface area contributed by atoms with Gasteiger partial charge in [0.05, 0.1) is 0 Å². The first-order valence-electron chi connectivity index (χ1n) is 9.32. The number of nitrogens with zero attached hydrogens (tertiary/aromatic N) is 1. The molecule has 0 N–H and O–H groups in total. The van der Waals surface area contributed by atoms with Crippen LogP contribution in [0.4, 0.5) is 0 Å². The van der Waals surface area contributed by atoms with Gasteiger partial charge in [0.25, 0.3) is 0 Å². The number of hydrogen-bond donors (Lipinski definition) is 0. The molecule has 134 valence electrons. The maximum atomic E-state index is 3.90. The van der Waals surface area contributed by atoms with E-state index in [9.17, 15) is 0 Å². The van der Waals surface area contributed by atoms with E-state index in [-0.39, 0.29) is 0 Å². The predicted molar refractivity (Wildman–Crippen MR) is 117 cm³/mol. The largest absolute Gasteiger partial charge is 0.304 e. The highest BCUT2D eigenvalue weighted by atomic mass is 127. The van der Waals surface area contributed by atoms with Gasteiger partial charge in [-0.2, -0.15) is 0 Å². The van der Waals surface area contributed by atoms with Crippen LogP contribution in [0.1, 0.15) is 57.6 Å². The Morgan fingerprint density at radius 1 is 1.25 bits per heavy atom. The highest BCUT2D eigenvalue weighted by molar-refractivity contribution is 14.1. The average Bonchev–Trinajstić information content (AvgIpc) is 2.56. The van der Waals surface area contributed by atoms with E-state index in [1.165, 1.54) is 59.2 Å². The summed E-state index contributed by atoms with van der Waals surface area (Å²) in [5, 5.41) is 0. The van der Waals surface area contributed by atoms with Crippen LogP contribution in [0.2, 0.25) is 0 Å². The Morgan fingerprint density at radius 3 is 2.54 bits per heavy atom. The first-order chi connectivity index (χ1) is 11.5. The molecule has 0 spiro atoms. The maximum absolute atomic E-state index is 3.90. The predicted octanol–water partition coefficient (Wildman–Crippen LogP) is 6.71. The highest BCUT2D eigenvalue weighted by Crippen LogP contribution is 2.27.